The molecule has 0 amide bonds. The van der Waals surface area contributed by atoms with Crippen LogP contribution in [0.5, 0.6) is 0 Å². The molecule has 1 aromatic heterocycles. The van der Waals surface area contributed by atoms with Crippen LogP contribution in [0.15, 0.2) is 35.7 Å². The van der Waals surface area contributed by atoms with E-state index >= 15 is 0 Å². The molecule has 94 valence electrons. The molecule has 18 heavy (non-hydrogen) atoms. The van der Waals surface area contributed by atoms with Crippen molar-refractivity contribution in [3.8, 4) is 0 Å². The molecule has 0 aliphatic heterocycles. The van der Waals surface area contributed by atoms with Gasteiger partial charge in [-0.15, -0.1) is 11.3 Å². The summed E-state index contributed by atoms with van der Waals surface area (Å²) in [4.78, 5) is 1.11. The molecule has 0 fully saturated rings. The van der Waals surface area contributed by atoms with Crippen LogP contribution < -0.4 is 10.6 Å². The lowest BCUT2D eigenvalue weighted by atomic mass is 10.3. The van der Waals surface area contributed by atoms with Gasteiger partial charge in [0.1, 0.15) is 11.6 Å². The van der Waals surface area contributed by atoms with E-state index in [2.05, 4.69) is 10.6 Å². The normalized spacial score (nSPS) is 10.1. The predicted octanol–water partition coefficient (Wildman–Crippen LogP) is 3.51. The number of anilines is 1. The average molecular weight is 284 g/mol. The highest BCUT2D eigenvalue weighted by Crippen LogP contribution is 2.15. The summed E-state index contributed by atoms with van der Waals surface area (Å²) in [7, 11) is 0. The Hall–Kier alpha value is -1.53. The minimum absolute atomic E-state index is 0.0266. The zero-order valence-electron chi connectivity index (χ0n) is 9.24. The maximum atomic E-state index is 13.3. The van der Waals surface area contributed by atoms with Gasteiger partial charge in [-0.3, -0.25) is 0 Å². The minimum atomic E-state index is -0.545. The molecule has 0 radical (unpaired) electrons. The maximum absolute atomic E-state index is 13.3. The lowest BCUT2D eigenvalue weighted by molar-refractivity contribution is 0.604. The molecule has 0 aliphatic carbocycles. The van der Waals surface area contributed by atoms with Crippen LogP contribution in [0.2, 0.25) is 0 Å². The zero-order valence-corrected chi connectivity index (χ0v) is 10.9. The highest BCUT2D eigenvalue weighted by molar-refractivity contribution is 7.80. The van der Waals surface area contributed by atoms with Crippen LogP contribution >= 0.6 is 23.6 Å². The van der Waals surface area contributed by atoms with Gasteiger partial charge in [0.2, 0.25) is 0 Å². The number of halogens is 2. The SMILES string of the molecule is Fc1ccc(F)c(NC(=S)NCc2cccs2)c1. The first-order chi connectivity index (χ1) is 8.65. The van der Waals surface area contributed by atoms with Crippen LogP contribution in [0.4, 0.5) is 14.5 Å². The van der Waals surface area contributed by atoms with Crippen molar-refractivity contribution in [1.29, 1.82) is 0 Å². The Labute approximate surface area is 113 Å². The van der Waals surface area contributed by atoms with Crippen LogP contribution in [0.3, 0.4) is 0 Å². The molecule has 0 spiro atoms. The van der Waals surface area contributed by atoms with Crippen molar-refractivity contribution in [2.24, 2.45) is 0 Å². The van der Waals surface area contributed by atoms with E-state index in [9.17, 15) is 8.78 Å². The van der Waals surface area contributed by atoms with Gasteiger partial charge in [0.15, 0.2) is 5.11 Å². The van der Waals surface area contributed by atoms with Crippen LogP contribution in [0.25, 0.3) is 0 Å². The lowest BCUT2D eigenvalue weighted by Crippen LogP contribution is -2.28. The molecule has 2 nitrogen and oxygen atoms in total. The first kappa shape index (κ1) is 12.9. The van der Waals surface area contributed by atoms with Gasteiger partial charge in [-0.2, -0.15) is 0 Å². The molecule has 1 aromatic carbocycles. The zero-order chi connectivity index (χ0) is 13.0. The molecule has 0 bridgehead atoms. The number of thiophene rings is 1. The maximum Gasteiger partial charge on any atom is 0.171 e. The highest BCUT2D eigenvalue weighted by Gasteiger charge is 2.05. The predicted molar refractivity (Wildman–Crippen MR) is 73.7 cm³/mol. The molecular weight excluding hydrogens is 274 g/mol. The molecular formula is C12H10F2N2S2. The molecule has 0 atom stereocenters. The van der Waals surface area contributed by atoms with Crippen LogP contribution in [0.1, 0.15) is 4.88 Å². The van der Waals surface area contributed by atoms with E-state index in [4.69, 9.17) is 12.2 Å². The number of nitrogens with one attached hydrogen (secondary N) is 2. The molecule has 0 aliphatic rings. The summed E-state index contributed by atoms with van der Waals surface area (Å²) in [6.45, 7) is 0.556. The summed E-state index contributed by atoms with van der Waals surface area (Å²) in [6, 6.07) is 7.07. The average Bonchev–Trinajstić information content (AvgIpc) is 2.84. The van der Waals surface area contributed by atoms with Crippen LogP contribution in [-0.4, -0.2) is 5.11 Å². The summed E-state index contributed by atoms with van der Waals surface area (Å²) >= 11 is 6.60. The Morgan fingerprint density at radius 1 is 1.28 bits per heavy atom. The molecule has 2 aromatic rings. The third-order valence-corrected chi connectivity index (χ3v) is 3.30. The Bertz CT molecular complexity index is 541. The molecule has 0 saturated carbocycles. The summed E-state index contributed by atoms with van der Waals surface area (Å²) < 4.78 is 26.3. The monoisotopic (exact) mass is 284 g/mol. The number of thiocarbonyl (C=S) groups is 1. The molecule has 2 rings (SSSR count). The van der Waals surface area contributed by atoms with Crippen molar-refractivity contribution in [3.63, 3.8) is 0 Å². The molecule has 2 N–H and O–H groups in total. The third kappa shape index (κ3) is 3.48. The van der Waals surface area contributed by atoms with Crippen molar-refractivity contribution in [2.75, 3.05) is 5.32 Å². The summed E-state index contributed by atoms with van der Waals surface area (Å²) in [5.74, 6) is -1.06. The van der Waals surface area contributed by atoms with Gasteiger partial charge in [0, 0.05) is 10.9 Å². The molecule has 0 unspecified atom stereocenters. The highest BCUT2D eigenvalue weighted by atomic mass is 32.1. The van der Waals surface area contributed by atoms with Gasteiger partial charge in [-0.05, 0) is 35.8 Å². The summed E-state index contributed by atoms with van der Waals surface area (Å²) in [6.07, 6.45) is 0. The number of hydrogen-bond acceptors (Lipinski definition) is 2. The summed E-state index contributed by atoms with van der Waals surface area (Å²) in [5.41, 5.74) is 0.0266. The van der Waals surface area contributed by atoms with Crippen molar-refractivity contribution >= 4 is 34.4 Å². The number of benzene rings is 1. The fourth-order valence-corrected chi connectivity index (χ4v) is 2.17. The van der Waals surface area contributed by atoms with Gasteiger partial charge >= 0.3 is 0 Å². The van der Waals surface area contributed by atoms with Crippen molar-refractivity contribution in [3.05, 3.63) is 52.2 Å². The van der Waals surface area contributed by atoms with E-state index in [-0.39, 0.29) is 10.8 Å². The Balaban J connectivity index is 1.92. The fourth-order valence-electron chi connectivity index (χ4n) is 1.34. The lowest BCUT2D eigenvalue weighted by Gasteiger charge is -2.10. The van der Waals surface area contributed by atoms with E-state index in [1.165, 1.54) is 0 Å². The number of rotatable bonds is 3. The van der Waals surface area contributed by atoms with Crippen molar-refractivity contribution < 1.29 is 8.78 Å². The Morgan fingerprint density at radius 2 is 2.11 bits per heavy atom. The topological polar surface area (TPSA) is 24.1 Å². The largest absolute Gasteiger partial charge is 0.358 e. The molecule has 6 heteroatoms. The second-order valence-corrected chi connectivity index (χ2v) is 4.95. The Morgan fingerprint density at radius 3 is 2.83 bits per heavy atom. The van der Waals surface area contributed by atoms with E-state index in [1.807, 2.05) is 17.5 Å². The van der Waals surface area contributed by atoms with Crippen molar-refractivity contribution in [1.82, 2.24) is 5.32 Å². The minimum Gasteiger partial charge on any atom is -0.358 e. The molecule has 1 heterocycles. The second kappa shape index (κ2) is 5.88. The first-order valence-electron chi connectivity index (χ1n) is 5.17. The van der Waals surface area contributed by atoms with Crippen molar-refractivity contribution in [2.45, 2.75) is 6.54 Å². The molecule has 0 saturated heterocycles. The number of hydrogen-bond donors (Lipinski definition) is 2. The van der Waals surface area contributed by atoms with Crippen LogP contribution in [-0.2, 0) is 6.54 Å². The second-order valence-electron chi connectivity index (χ2n) is 3.51. The third-order valence-electron chi connectivity index (χ3n) is 2.18. The van der Waals surface area contributed by atoms with Gasteiger partial charge in [-0.1, -0.05) is 6.07 Å². The Kier molecular flexibility index (Phi) is 4.22. The standard InChI is InChI=1S/C12H10F2N2S2/c13-8-3-4-10(14)11(6-8)16-12(17)15-7-9-2-1-5-18-9/h1-6H,7H2,(H2,15,16,17). The first-order valence-corrected chi connectivity index (χ1v) is 6.46. The van der Waals surface area contributed by atoms with E-state index in [0.717, 1.165) is 23.1 Å². The van der Waals surface area contributed by atoms with Gasteiger partial charge in [0.05, 0.1) is 12.2 Å². The van der Waals surface area contributed by atoms with E-state index in [0.29, 0.717) is 6.54 Å². The van der Waals surface area contributed by atoms with Gasteiger partial charge in [-0.25, -0.2) is 8.78 Å². The van der Waals surface area contributed by atoms with Crippen LogP contribution in [0, 0.1) is 11.6 Å². The van der Waals surface area contributed by atoms with E-state index in [1.54, 1.807) is 11.3 Å². The smallest absolute Gasteiger partial charge is 0.171 e. The fraction of sp³-hybridized carbons (Fsp3) is 0.0833. The summed E-state index contributed by atoms with van der Waals surface area (Å²) in [5, 5.41) is 7.76. The quantitative estimate of drug-likeness (QED) is 0.843. The van der Waals surface area contributed by atoms with Gasteiger partial charge < -0.3 is 10.6 Å². The van der Waals surface area contributed by atoms with Gasteiger partial charge in [0.25, 0.3) is 0 Å². The van der Waals surface area contributed by atoms with E-state index < -0.39 is 11.6 Å².